The molecule has 0 radical (unpaired) electrons. The van der Waals surface area contributed by atoms with E-state index in [1.807, 2.05) is 4.90 Å². The molecule has 2 aromatic rings. The fourth-order valence-corrected chi connectivity index (χ4v) is 4.93. The van der Waals surface area contributed by atoms with Crippen molar-refractivity contribution in [2.24, 2.45) is 0 Å². The normalized spacial score (nSPS) is 38.9. The van der Waals surface area contributed by atoms with Gasteiger partial charge in [0, 0.05) is 25.5 Å². The monoisotopic (exact) mass is 373 g/mol. The van der Waals surface area contributed by atoms with Gasteiger partial charge in [0.2, 0.25) is 0 Å². The number of aliphatic hydroxyl groups excluding tert-OH is 4. The van der Waals surface area contributed by atoms with Crippen LogP contribution in [0.1, 0.15) is 29.4 Å². The summed E-state index contributed by atoms with van der Waals surface area (Å²) >= 11 is 0. The van der Waals surface area contributed by atoms with Gasteiger partial charge in [-0.15, -0.1) is 0 Å². The second-order valence-corrected chi connectivity index (χ2v) is 7.83. The highest BCUT2D eigenvalue weighted by atomic mass is 16.6. The Labute approximate surface area is 156 Å². The minimum Gasteiger partial charge on any atom is -0.394 e. The Hall–Kier alpha value is -1.68. The van der Waals surface area contributed by atoms with Gasteiger partial charge in [0.1, 0.15) is 30.6 Å². The Balaban J connectivity index is 1.44. The van der Waals surface area contributed by atoms with Gasteiger partial charge in [0.15, 0.2) is 0 Å². The Morgan fingerprint density at radius 1 is 0.926 bits per heavy atom. The first-order chi connectivity index (χ1) is 13.1. The highest BCUT2D eigenvalue weighted by molar-refractivity contribution is 5.77. The summed E-state index contributed by atoms with van der Waals surface area (Å²) in [6.07, 6.45) is -1.14. The van der Waals surface area contributed by atoms with Gasteiger partial charge in [-0.3, -0.25) is 14.9 Å². The van der Waals surface area contributed by atoms with Crippen LogP contribution in [0.4, 0.5) is 0 Å². The van der Waals surface area contributed by atoms with Crippen LogP contribution in [0.3, 0.4) is 0 Å². The lowest BCUT2D eigenvalue weighted by molar-refractivity contribution is -0.267. The predicted molar refractivity (Wildman–Crippen MR) is 95.0 cm³/mol. The van der Waals surface area contributed by atoms with Gasteiger partial charge in [-0.2, -0.15) is 0 Å². The summed E-state index contributed by atoms with van der Waals surface area (Å²) in [7, 11) is 0. The molecule has 4 N–H and O–H groups in total. The molecular formula is C19H23N3O5. The molecule has 2 bridgehead atoms. The molecule has 2 fully saturated rings. The SMILES string of the molecule is OC[C@@H]1O[C@@H](N2C[C@H]3C[C@@H](C2)c2cc4nccnc4cc23)[C@H](O)[C@@H](O)[C@@H]1O. The van der Waals surface area contributed by atoms with Crippen molar-refractivity contribution in [2.45, 2.75) is 48.9 Å². The van der Waals surface area contributed by atoms with Crippen LogP contribution in [0.5, 0.6) is 0 Å². The second kappa shape index (κ2) is 6.44. The Kier molecular flexibility index (Phi) is 4.15. The summed E-state index contributed by atoms with van der Waals surface area (Å²) < 4.78 is 5.76. The first-order valence-corrected chi connectivity index (χ1v) is 9.36. The summed E-state index contributed by atoms with van der Waals surface area (Å²) in [5, 5.41) is 40.0. The van der Waals surface area contributed by atoms with Crippen molar-refractivity contribution in [3.63, 3.8) is 0 Å². The van der Waals surface area contributed by atoms with Crippen LogP contribution in [-0.4, -0.2) is 85.6 Å². The van der Waals surface area contributed by atoms with Gasteiger partial charge >= 0.3 is 0 Å². The fraction of sp³-hybridized carbons (Fsp3) is 0.579. The van der Waals surface area contributed by atoms with Gasteiger partial charge in [-0.25, -0.2) is 0 Å². The lowest BCUT2D eigenvalue weighted by Crippen LogP contribution is -2.64. The van der Waals surface area contributed by atoms with E-state index in [1.54, 1.807) is 12.4 Å². The smallest absolute Gasteiger partial charge is 0.140 e. The summed E-state index contributed by atoms with van der Waals surface area (Å²) in [6.45, 7) is 0.945. The van der Waals surface area contributed by atoms with Gasteiger partial charge in [-0.1, -0.05) is 0 Å². The topological polar surface area (TPSA) is 119 Å². The number of fused-ring (bicyclic) bond motifs is 6. The van der Waals surface area contributed by atoms with Crippen molar-refractivity contribution in [1.29, 1.82) is 0 Å². The number of aromatic nitrogens is 2. The maximum atomic E-state index is 10.5. The molecule has 3 aliphatic rings. The number of hydrogen-bond donors (Lipinski definition) is 4. The third-order valence-corrected chi connectivity index (χ3v) is 6.26. The van der Waals surface area contributed by atoms with Crippen LogP contribution in [-0.2, 0) is 4.74 Å². The van der Waals surface area contributed by atoms with Gasteiger partial charge in [0.05, 0.1) is 17.6 Å². The Morgan fingerprint density at radius 2 is 1.52 bits per heavy atom. The van der Waals surface area contributed by atoms with Crippen molar-refractivity contribution in [1.82, 2.24) is 14.9 Å². The van der Waals surface area contributed by atoms with Crippen LogP contribution in [0.2, 0.25) is 0 Å². The van der Waals surface area contributed by atoms with Crippen LogP contribution in [0.15, 0.2) is 24.5 Å². The third-order valence-electron chi connectivity index (χ3n) is 6.26. The van der Waals surface area contributed by atoms with Crippen molar-refractivity contribution in [2.75, 3.05) is 19.7 Å². The Bertz CT molecular complexity index is 812. The van der Waals surface area contributed by atoms with E-state index < -0.39 is 37.3 Å². The zero-order valence-electron chi connectivity index (χ0n) is 14.7. The van der Waals surface area contributed by atoms with Crippen molar-refractivity contribution >= 4 is 11.0 Å². The fourth-order valence-electron chi connectivity index (χ4n) is 4.93. The summed E-state index contributed by atoms with van der Waals surface area (Å²) in [4.78, 5) is 10.8. The predicted octanol–water partition coefficient (Wildman–Crippen LogP) is -0.684. The van der Waals surface area contributed by atoms with Crippen molar-refractivity contribution in [3.8, 4) is 0 Å². The molecule has 2 aliphatic heterocycles. The number of rotatable bonds is 2. The van der Waals surface area contributed by atoms with Gasteiger partial charge in [-0.05, 0) is 41.5 Å². The molecule has 5 rings (SSSR count). The lowest BCUT2D eigenvalue weighted by atomic mass is 9.92. The molecule has 3 heterocycles. The molecule has 0 amide bonds. The summed E-state index contributed by atoms with van der Waals surface area (Å²) in [6, 6.07) is 4.22. The van der Waals surface area contributed by atoms with Gasteiger partial charge < -0.3 is 25.2 Å². The number of ether oxygens (including phenoxy) is 1. The lowest BCUT2D eigenvalue weighted by Gasteiger charge is -2.46. The maximum absolute atomic E-state index is 10.5. The van der Waals surface area contributed by atoms with E-state index in [0.29, 0.717) is 13.1 Å². The molecule has 8 heteroatoms. The maximum Gasteiger partial charge on any atom is 0.140 e. The van der Waals surface area contributed by atoms with E-state index in [0.717, 1.165) is 17.5 Å². The highest BCUT2D eigenvalue weighted by Crippen LogP contribution is 2.47. The quantitative estimate of drug-likeness (QED) is 0.547. The minimum absolute atomic E-state index is 0.289. The number of aliphatic hydroxyl groups is 4. The molecular weight excluding hydrogens is 350 g/mol. The second-order valence-electron chi connectivity index (χ2n) is 7.83. The summed E-state index contributed by atoms with van der Waals surface area (Å²) in [5.74, 6) is 0.579. The van der Waals surface area contributed by atoms with Crippen LogP contribution >= 0.6 is 0 Å². The van der Waals surface area contributed by atoms with Crippen LogP contribution in [0.25, 0.3) is 11.0 Å². The molecule has 0 saturated carbocycles. The molecule has 8 nitrogen and oxygen atoms in total. The number of nitrogens with zero attached hydrogens (tertiary/aromatic N) is 3. The third kappa shape index (κ3) is 2.67. The van der Waals surface area contributed by atoms with E-state index in [-0.39, 0.29) is 11.8 Å². The van der Waals surface area contributed by atoms with Crippen molar-refractivity contribution in [3.05, 3.63) is 35.7 Å². The molecule has 0 unspecified atom stereocenters. The highest BCUT2D eigenvalue weighted by Gasteiger charge is 2.49. The van der Waals surface area contributed by atoms with E-state index in [2.05, 4.69) is 22.1 Å². The molecule has 2 saturated heterocycles. The van der Waals surface area contributed by atoms with Crippen molar-refractivity contribution < 1.29 is 25.2 Å². The molecule has 1 aromatic heterocycles. The molecule has 0 spiro atoms. The average Bonchev–Trinajstić information content (AvgIpc) is 2.94. The van der Waals surface area contributed by atoms with Crippen LogP contribution in [0, 0.1) is 0 Å². The van der Waals surface area contributed by atoms with Gasteiger partial charge in [0.25, 0.3) is 0 Å². The molecule has 27 heavy (non-hydrogen) atoms. The number of benzene rings is 1. The zero-order valence-corrected chi connectivity index (χ0v) is 14.7. The van der Waals surface area contributed by atoms with E-state index in [4.69, 9.17) is 4.74 Å². The minimum atomic E-state index is -1.35. The summed E-state index contributed by atoms with van der Waals surface area (Å²) in [5.41, 5.74) is 4.28. The first-order valence-electron chi connectivity index (χ1n) is 9.36. The molecule has 1 aliphatic carbocycles. The number of likely N-dealkylation sites (tertiary alicyclic amines) is 1. The standard InChI is InChI=1S/C19H23N3O5/c23-8-15-16(24)17(25)18(26)19(27-15)22-6-9-3-10(7-22)12-5-14-13(4-11(9)12)20-1-2-21-14/h1-2,4-5,9-10,15-19,23-26H,3,6-8H2/t9-,10+,15-,16+,17-,18+,19+/m0/s1. The van der Waals surface area contributed by atoms with E-state index in [1.165, 1.54) is 11.1 Å². The zero-order chi connectivity index (χ0) is 18.7. The molecule has 1 aromatic carbocycles. The van der Waals surface area contributed by atoms with E-state index in [9.17, 15) is 20.4 Å². The molecule has 7 atom stereocenters. The number of hydrogen-bond acceptors (Lipinski definition) is 8. The van der Waals surface area contributed by atoms with E-state index >= 15 is 0 Å². The average molecular weight is 373 g/mol. The largest absolute Gasteiger partial charge is 0.394 e. The van der Waals surface area contributed by atoms with Crippen LogP contribution < -0.4 is 0 Å². The number of piperidine rings is 1. The first kappa shape index (κ1) is 17.4. The molecule has 144 valence electrons. The Morgan fingerprint density at radius 3 is 2.07 bits per heavy atom.